The Hall–Kier alpha value is -2.68. The molecule has 0 aliphatic heterocycles. The predicted octanol–water partition coefficient (Wildman–Crippen LogP) is 5.09. The van der Waals surface area contributed by atoms with Crippen molar-refractivity contribution in [1.82, 2.24) is 9.97 Å². The first-order chi connectivity index (χ1) is 14.6. The van der Waals surface area contributed by atoms with Crippen molar-refractivity contribution in [1.29, 1.82) is 0 Å². The molecule has 1 unspecified atom stereocenters. The van der Waals surface area contributed by atoms with Gasteiger partial charge in [0, 0.05) is 34.8 Å². The number of thiazole rings is 1. The normalized spacial score (nSPS) is 12.0. The minimum Gasteiger partial charge on any atom is -0.497 e. The van der Waals surface area contributed by atoms with Crippen molar-refractivity contribution in [3.05, 3.63) is 71.0 Å². The van der Waals surface area contributed by atoms with Crippen molar-refractivity contribution < 1.29 is 13.7 Å². The minimum absolute atomic E-state index is 0.350. The summed E-state index contributed by atoms with van der Waals surface area (Å²) in [6.45, 7) is 0.350. The molecule has 4 rings (SSSR count). The molecule has 0 aliphatic carbocycles. The number of hydrogen-bond acceptors (Lipinski definition) is 6. The molecule has 1 atom stereocenters. The van der Waals surface area contributed by atoms with Crippen LogP contribution in [0.2, 0.25) is 5.15 Å². The number of benzene rings is 2. The fourth-order valence-electron chi connectivity index (χ4n) is 3.03. The Bertz CT molecular complexity index is 1200. The molecule has 0 fully saturated rings. The SMILES string of the molecule is COc1ccc(CN(c2nccs2)S(=O)c2ccc3c(Cl)nccc3c2)c(OC)c1. The molecular formula is C21H18ClN3O3S2. The summed E-state index contributed by atoms with van der Waals surface area (Å²) in [4.78, 5) is 9.12. The monoisotopic (exact) mass is 459 g/mol. The van der Waals surface area contributed by atoms with E-state index in [4.69, 9.17) is 21.1 Å². The Morgan fingerprint density at radius 1 is 1.07 bits per heavy atom. The summed E-state index contributed by atoms with van der Waals surface area (Å²) in [5.41, 5.74) is 0.870. The molecule has 154 valence electrons. The van der Waals surface area contributed by atoms with Gasteiger partial charge in [0.2, 0.25) is 0 Å². The Balaban J connectivity index is 1.72. The summed E-state index contributed by atoms with van der Waals surface area (Å²) in [6, 6.07) is 12.9. The fraction of sp³-hybridized carbons (Fsp3) is 0.143. The molecule has 2 aromatic carbocycles. The van der Waals surface area contributed by atoms with Gasteiger partial charge < -0.3 is 9.47 Å². The second kappa shape index (κ2) is 8.99. The Morgan fingerprint density at radius 2 is 1.93 bits per heavy atom. The average Bonchev–Trinajstić information content (AvgIpc) is 3.31. The summed E-state index contributed by atoms with van der Waals surface area (Å²) in [7, 11) is 1.71. The maximum atomic E-state index is 13.6. The van der Waals surface area contributed by atoms with Crippen molar-refractivity contribution in [2.45, 2.75) is 11.4 Å². The molecule has 2 heterocycles. The number of rotatable bonds is 7. The van der Waals surface area contributed by atoms with Crippen molar-refractivity contribution in [2.75, 3.05) is 18.5 Å². The van der Waals surface area contributed by atoms with Crippen LogP contribution in [0.25, 0.3) is 10.8 Å². The smallest absolute Gasteiger partial charge is 0.197 e. The topological polar surface area (TPSA) is 64.5 Å². The van der Waals surface area contributed by atoms with E-state index in [0.717, 1.165) is 16.3 Å². The second-order valence-corrected chi connectivity index (χ2v) is 8.90. The standard InChI is InChI=1S/C21H18ClN3O3S2/c1-27-16-4-3-15(19(12-16)28-2)13-25(21-24-9-10-29-21)30(26)17-5-6-18-14(11-17)7-8-23-20(18)22/h3-12H,13H2,1-2H3. The molecule has 9 heteroatoms. The van der Waals surface area contributed by atoms with Crippen LogP contribution in [0.1, 0.15) is 5.56 Å². The zero-order chi connectivity index (χ0) is 21.1. The molecule has 0 N–H and O–H groups in total. The number of ether oxygens (including phenoxy) is 2. The molecule has 0 saturated heterocycles. The van der Waals surface area contributed by atoms with Gasteiger partial charge in [-0.1, -0.05) is 17.7 Å². The summed E-state index contributed by atoms with van der Waals surface area (Å²) < 4.78 is 26.1. The highest BCUT2D eigenvalue weighted by Crippen LogP contribution is 2.31. The van der Waals surface area contributed by atoms with E-state index in [0.29, 0.717) is 33.2 Å². The van der Waals surface area contributed by atoms with Crippen LogP contribution >= 0.6 is 22.9 Å². The molecule has 6 nitrogen and oxygen atoms in total. The molecule has 0 spiro atoms. The lowest BCUT2D eigenvalue weighted by Crippen LogP contribution is -2.25. The number of halogens is 1. The van der Waals surface area contributed by atoms with Crippen molar-refractivity contribution in [3.63, 3.8) is 0 Å². The number of aromatic nitrogens is 2. The maximum absolute atomic E-state index is 13.6. The van der Waals surface area contributed by atoms with Crippen LogP contribution in [0.5, 0.6) is 11.5 Å². The number of methoxy groups -OCH3 is 2. The Morgan fingerprint density at radius 3 is 2.67 bits per heavy atom. The number of hydrogen-bond donors (Lipinski definition) is 0. The van der Waals surface area contributed by atoms with E-state index >= 15 is 0 Å². The lowest BCUT2D eigenvalue weighted by molar-refractivity contribution is 0.391. The van der Waals surface area contributed by atoms with Gasteiger partial charge in [0.05, 0.1) is 25.7 Å². The zero-order valence-electron chi connectivity index (χ0n) is 16.2. The van der Waals surface area contributed by atoms with Gasteiger partial charge in [-0.2, -0.15) is 0 Å². The molecule has 0 bridgehead atoms. The lowest BCUT2D eigenvalue weighted by atomic mass is 10.2. The summed E-state index contributed by atoms with van der Waals surface area (Å²) in [5.74, 6) is 1.35. The van der Waals surface area contributed by atoms with Gasteiger partial charge >= 0.3 is 0 Å². The number of fused-ring (bicyclic) bond motifs is 1. The van der Waals surface area contributed by atoms with Gasteiger partial charge in [-0.3, -0.25) is 4.31 Å². The molecule has 0 saturated carbocycles. The first-order valence-corrected chi connectivity index (χ1v) is 11.3. The molecule has 2 aromatic heterocycles. The van der Waals surface area contributed by atoms with Crippen LogP contribution in [-0.2, 0) is 17.5 Å². The molecule has 0 amide bonds. The van der Waals surface area contributed by atoms with Crippen LogP contribution < -0.4 is 13.8 Å². The van der Waals surface area contributed by atoms with E-state index in [1.807, 2.05) is 41.8 Å². The third-order valence-electron chi connectivity index (χ3n) is 4.53. The number of pyridine rings is 1. The van der Waals surface area contributed by atoms with Crippen molar-refractivity contribution >= 4 is 49.8 Å². The third-order valence-corrected chi connectivity index (χ3v) is 7.10. The van der Waals surface area contributed by atoms with Crippen LogP contribution in [-0.4, -0.2) is 28.4 Å². The first-order valence-electron chi connectivity index (χ1n) is 8.95. The van der Waals surface area contributed by atoms with E-state index in [-0.39, 0.29) is 0 Å². The largest absolute Gasteiger partial charge is 0.497 e. The van der Waals surface area contributed by atoms with Crippen molar-refractivity contribution in [3.8, 4) is 11.5 Å². The van der Waals surface area contributed by atoms with E-state index in [1.54, 1.807) is 37.0 Å². The van der Waals surface area contributed by atoms with Crippen LogP contribution in [0.15, 0.2) is 65.1 Å². The lowest BCUT2D eigenvalue weighted by Gasteiger charge is -2.22. The van der Waals surface area contributed by atoms with Gasteiger partial charge in [-0.25, -0.2) is 14.2 Å². The van der Waals surface area contributed by atoms with Gasteiger partial charge in [0.1, 0.15) is 16.7 Å². The van der Waals surface area contributed by atoms with Crippen LogP contribution in [0, 0.1) is 0 Å². The van der Waals surface area contributed by atoms with Gasteiger partial charge in [-0.15, -0.1) is 11.3 Å². The minimum atomic E-state index is -1.50. The quantitative estimate of drug-likeness (QED) is 0.360. The average molecular weight is 460 g/mol. The van der Waals surface area contributed by atoms with Gasteiger partial charge in [0.15, 0.2) is 16.1 Å². The molecular weight excluding hydrogens is 442 g/mol. The Labute approximate surface area is 185 Å². The first kappa shape index (κ1) is 20.6. The third kappa shape index (κ3) is 4.12. The van der Waals surface area contributed by atoms with E-state index < -0.39 is 11.0 Å². The van der Waals surface area contributed by atoms with Crippen LogP contribution in [0.4, 0.5) is 5.13 Å². The zero-order valence-corrected chi connectivity index (χ0v) is 18.6. The number of anilines is 1. The summed E-state index contributed by atoms with van der Waals surface area (Å²) in [5, 5.41) is 4.62. The molecule has 30 heavy (non-hydrogen) atoms. The van der Waals surface area contributed by atoms with E-state index in [9.17, 15) is 4.21 Å². The fourth-order valence-corrected chi connectivity index (χ4v) is 5.25. The summed E-state index contributed by atoms with van der Waals surface area (Å²) in [6.07, 6.45) is 3.33. The summed E-state index contributed by atoms with van der Waals surface area (Å²) >= 11 is 7.59. The van der Waals surface area contributed by atoms with Gasteiger partial charge in [-0.05, 0) is 35.7 Å². The molecule has 0 aliphatic rings. The highest BCUT2D eigenvalue weighted by molar-refractivity contribution is 7.86. The van der Waals surface area contributed by atoms with Gasteiger partial charge in [0.25, 0.3) is 0 Å². The number of nitrogens with zero attached hydrogens (tertiary/aromatic N) is 3. The van der Waals surface area contributed by atoms with E-state index in [2.05, 4.69) is 9.97 Å². The van der Waals surface area contributed by atoms with E-state index in [1.165, 1.54) is 11.3 Å². The second-order valence-electron chi connectivity index (χ2n) is 6.26. The highest BCUT2D eigenvalue weighted by atomic mass is 35.5. The molecule has 0 radical (unpaired) electrons. The van der Waals surface area contributed by atoms with Crippen molar-refractivity contribution in [2.24, 2.45) is 0 Å². The molecule has 4 aromatic rings. The maximum Gasteiger partial charge on any atom is 0.197 e. The Kier molecular flexibility index (Phi) is 6.17. The highest BCUT2D eigenvalue weighted by Gasteiger charge is 2.21. The predicted molar refractivity (Wildman–Crippen MR) is 121 cm³/mol. The van der Waals surface area contributed by atoms with Crippen LogP contribution in [0.3, 0.4) is 0 Å².